The summed E-state index contributed by atoms with van der Waals surface area (Å²) in [6.07, 6.45) is 0. The predicted octanol–water partition coefficient (Wildman–Crippen LogP) is 2.34. The van der Waals surface area contributed by atoms with Crippen LogP contribution in [0.5, 0.6) is 0 Å². The average molecular weight is 244 g/mol. The third kappa shape index (κ3) is 1.44. The lowest BCUT2D eigenvalue weighted by molar-refractivity contribution is -0.0849. The van der Waals surface area contributed by atoms with Crippen LogP contribution in [-0.2, 0) is 10.2 Å². The van der Waals surface area contributed by atoms with Gasteiger partial charge in [0.05, 0.1) is 13.2 Å². The van der Waals surface area contributed by atoms with Crippen molar-refractivity contribution in [3.63, 3.8) is 0 Å². The summed E-state index contributed by atoms with van der Waals surface area (Å²) >= 11 is 0. The van der Waals surface area contributed by atoms with E-state index in [0.29, 0.717) is 12.5 Å². The molecule has 3 nitrogen and oxygen atoms in total. The smallest absolute Gasteiger partial charge is 0.0589 e. The van der Waals surface area contributed by atoms with E-state index in [0.717, 1.165) is 13.2 Å². The van der Waals surface area contributed by atoms with Crippen molar-refractivity contribution in [1.29, 1.82) is 0 Å². The number of ether oxygens (including phenoxy) is 1. The lowest BCUT2D eigenvalue weighted by Gasteiger charge is -2.46. The third-order valence-electron chi connectivity index (χ3n) is 4.41. The van der Waals surface area contributed by atoms with E-state index < -0.39 is 0 Å². The molecule has 1 aromatic heterocycles. The van der Waals surface area contributed by atoms with Crippen molar-refractivity contribution in [2.75, 3.05) is 19.8 Å². The van der Waals surface area contributed by atoms with Gasteiger partial charge in [0.15, 0.2) is 0 Å². The van der Waals surface area contributed by atoms with Crippen LogP contribution in [0.1, 0.15) is 18.2 Å². The molecule has 3 rings (SSSR count). The summed E-state index contributed by atoms with van der Waals surface area (Å²) in [6.45, 7) is 6.65. The van der Waals surface area contributed by atoms with Crippen molar-refractivity contribution >= 4 is 10.9 Å². The van der Waals surface area contributed by atoms with Crippen molar-refractivity contribution in [3.05, 3.63) is 35.5 Å². The summed E-state index contributed by atoms with van der Waals surface area (Å²) in [5.74, 6) is 0.434. The van der Waals surface area contributed by atoms with Gasteiger partial charge < -0.3 is 15.5 Å². The van der Waals surface area contributed by atoms with Crippen LogP contribution >= 0.6 is 0 Å². The molecule has 1 aliphatic rings. The lowest BCUT2D eigenvalue weighted by atomic mass is 9.68. The molecule has 18 heavy (non-hydrogen) atoms. The molecule has 3 heteroatoms. The fourth-order valence-electron chi connectivity index (χ4n) is 3.14. The van der Waals surface area contributed by atoms with Crippen LogP contribution < -0.4 is 5.73 Å². The van der Waals surface area contributed by atoms with Gasteiger partial charge in [-0.05, 0) is 31.0 Å². The van der Waals surface area contributed by atoms with Gasteiger partial charge in [-0.15, -0.1) is 0 Å². The molecule has 1 atom stereocenters. The van der Waals surface area contributed by atoms with Crippen molar-refractivity contribution < 1.29 is 4.74 Å². The van der Waals surface area contributed by atoms with E-state index in [1.54, 1.807) is 0 Å². The third-order valence-corrected chi connectivity index (χ3v) is 4.41. The Bertz CT molecular complexity index is 569. The van der Waals surface area contributed by atoms with Crippen LogP contribution in [-0.4, -0.2) is 24.7 Å². The molecule has 0 bridgehead atoms. The number of nitrogens with one attached hydrogen (secondary N) is 1. The van der Waals surface area contributed by atoms with Crippen molar-refractivity contribution in [3.8, 4) is 0 Å². The number of aryl methyl sites for hydroxylation is 1. The number of hydrogen-bond acceptors (Lipinski definition) is 2. The number of fused-ring (bicyclic) bond motifs is 1. The second-order valence-corrected chi connectivity index (χ2v) is 5.46. The molecule has 2 aromatic rings. The van der Waals surface area contributed by atoms with Gasteiger partial charge in [0.2, 0.25) is 0 Å². The monoisotopic (exact) mass is 244 g/mol. The first-order chi connectivity index (χ1) is 8.69. The number of para-hydroxylation sites is 1. The van der Waals surface area contributed by atoms with Gasteiger partial charge in [-0.25, -0.2) is 0 Å². The summed E-state index contributed by atoms with van der Waals surface area (Å²) in [7, 11) is 0. The van der Waals surface area contributed by atoms with Gasteiger partial charge in [0.1, 0.15) is 0 Å². The van der Waals surface area contributed by atoms with Gasteiger partial charge in [-0.3, -0.25) is 0 Å². The second-order valence-electron chi connectivity index (χ2n) is 5.46. The molecular weight excluding hydrogens is 224 g/mol. The number of nitrogens with two attached hydrogens (primary N) is 1. The van der Waals surface area contributed by atoms with Gasteiger partial charge in [-0.2, -0.15) is 0 Å². The maximum absolute atomic E-state index is 5.90. The highest BCUT2D eigenvalue weighted by molar-refractivity contribution is 5.86. The Kier molecular flexibility index (Phi) is 2.68. The van der Waals surface area contributed by atoms with Gasteiger partial charge in [0, 0.05) is 22.0 Å². The molecule has 2 heterocycles. The standard InChI is InChI=1S/C15H20N2O/c1-10(7-16)15(8-18-9-15)14-11(2)17-13-6-4-3-5-12(13)14/h3-6,10,17H,7-9,16H2,1-2H3. The highest BCUT2D eigenvalue weighted by Gasteiger charge is 2.46. The maximum atomic E-state index is 5.90. The number of hydrogen-bond donors (Lipinski definition) is 2. The van der Waals surface area contributed by atoms with Crippen LogP contribution in [0.2, 0.25) is 0 Å². The molecule has 1 fully saturated rings. The summed E-state index contributed by atoms with van der Waals surface area (Å²) in [5.41, 5.74) is 9.86. The maximum Gasteiger partial charge on any atom is 0.0589 e. The molecule has 1 aromatic carbocycles. The molecule has 1 saturated heterocycles. The molecule has 3 N–H and O–H groups in total. The quantitative estimate of drug-likeness (QED) is 0.870. The van der Waals surface area contributed by atoms with Crippen molar-refractivity contribution in [2.24, 2.45) is 11.7 Å². The van der Waals surface area contributed by atoms with Crippen LogP contribution in [0.3, 0.4) is 0 Å². The Morgan fingerprint density at radius 1 is 1.39 bits per heavy atom. The first-order valence-electron chi connectivity index (χ1n) is 6.54. The van der Waals surface area contributed by atoms with Crippen LogP contribution in [0.15, 0.2) is 24.3 Å². The molecule has 0 radical (unpaired) electrons. The van der Waals surface area contributed by atoms with E-state index in [2.05, 4.69) is 43.1 Å². The van der Waals surface area contributed by atoms with E-state index in [9.17, 15) is 0 Å². The number of benzene rings is 1. The fourth-order valence-corrected chi connectivity index (χ4v) is 3.14. The topological polar surface area (TPSA) is 51.0 Å². The van der Waals surface area contributed by atoms with Crippen molar-refractivity contribution in [1.82, 2.24) is 4.98 Å². The zero-order valence-corrected chi connectivity index (χ0v) is 11.0. The SMILES string of the molecule is Cc1[nH]c2ccccc2c1C1(C(C)CN)COC1. The minimum atomic E-state index is 0.0957. The lowest BCUT2D eigenvalue weighted by Crippen LogP contribution is -2.53. The number of H-pyrrole nitrogens is 1. The Labute approximate surface area is 107 Å². The van der Waals surface area contributed by atoms with E-state index in [-0.39, 0.29) is 5.41 Å². The van der Waals surface area contributed by atoms with Gasteiger partial charge >= 0.3 is 0 Å². The number of rotatable bonds is 3. The molecule has 0 aliphatic carbocycles. The highest BCUT2D eigenvalue weighted by atomic mass is 16.5. The Morgan fingerprint density at radius 2 is 2.11 bits per heavy atom. The first kappa shape index (κ1) is 11.8. The van der Waals surface area contributed by atoms with Crippen LogP contribution in [0, 0.1) is 12.8 Å². The minimum absolute atomic E-state index is 0.0957. The summed E-state index contributed by atoms with van der Waals surface area (Å²) in [6, 6.07) is 8.49. The summed E-state index contributed by atoms with van der Waals surface area (Å²) in [5, 5.41) is 1.32. The predicted molar refractivity (Wildman–Crippen MR) is 73.8 cm³/mol. The summed E-state index contributed by atoms with van der Waals surface area (Å²) < 4.78 is 5.52. The largest absolute Gasteiger partial charge is 0.379 e. The Hall–Kier alpha value is -1.32. The first-order valence-corrected chi connectivity index (χ1v) is 6.54. The molecule has 0 amide bonds. The molecule has 1 unspecified atom stereocenters. The number of aromatic amines is 1. The molecule has 0 spiro atoms. The van der Waals surface area contributed by atoms with Crippen LogP contribution in [0.25, 0.3) is 10.9 Å². The van der Waals surface area contributed by atoms with E-state index >= 15 is 0 Å². The van der Waals surface area contributed by atoms with Gasteiger partial charge in [-0.1, -0.05) is 25.1 Å². The highest BCUT2D eigenvalue weighted by Crippen LogP contribution is 2.43. The van der Waals surface area contributed by atoms with E-state index in [1.807, 2.05) is 0 Å². The Morgan fingerprint density at radius 3 is 2.72 bits per heavy atom. The minimum Gasteiger partial charge on any atom is -0.379 e. The number of aromatic nitrogens is 1. The summed E-state index contributed by atoms with van der Waals surface area (Å²) in [4.78, 5) is 3.48. The van der Waals surface area contributed by atoms with E-state index in [4.69, 9.17) is 10.5 Å². The van der Waals surface area contributed by atoms with E-state index in [1.165, 1.54) is 22.2 Å². The van der Waals surface area contributed by atoms with Gasteiger partial charge in [0.25, 0.3) is 0 Å². The molecule has 96 valence electrons. The molecule has 0 saturated carbocycles. The zero-order chi connectivity index (χ0) is 12.8. The molecule has 1 aliphatic heterocycles. The normalized spacial score (nSPS) is 19.7. The Balaban J connectivity index is 2.21. The zero-order valence-electron chi connectivity index (χ0n) is 11.0. The molecular formula is C15H20N2O. The van der Waals surface area contributed by atoms with Crippen LogP contribution in [0.4, 0.5) is 0 Å². The second kappa shape index (κ2) is 4.11. The van der Waals surface area contributed by atoms with Crippen molar-refractivity contribution in [2.45, 2.75) is 19.3 Å². The fraction of sp³-hybridized carbons (Fsp3) is 0.467. The average Bonchev–Trinajstić information content (AvgIpc) is 2.65.